The summed E-state index contributed by atoms with van der Waals surface area (Å²) in [6, 6.07) is 7.07. The summed E-state index contributed by atoms with van der Waals surface area (Å²) in [6.07, 6.45) is 2.97. The quantitative estimate of drug-likeness (QED) is 0.784. The molecule has 0 unspecified atom stereocenters. The smallest absolute Gasteiger partial charge is 0.227 e. The van der Waals surface area contributed by atoms with Gasteiger partial charge in [-0.3, -0.25) is 9.59 Å². The van der Waals surface area contributed by atoms with Crippen molar-refractivity contribution in [2.24, 2.45) is 11.8 Å². The second-order valence-corrected chi connectivity index (χ2v) is 6.26. The Morgan fingerprint density at radius 2 is 1.65 bits per heavy atom. The summed E-state index contributed by atoms with van der Waals surface area (Å²) >= 11 is 5.83. The van der Waals surface area contributed by atoms with Gasteiger partial charge in [0.05, 0.1) is 6.61 Å². The summed E-state index contributed by atoms with van der Waals surface area (Å²) in [5.41, 5.74) is 0.749. The second kappa shape index (κ2) is 8.89. The molecule has 0 aliphatic heterocycles. The normalized spacial score (nSPS) is 20.8. The van der Waals surface area contributed by atoms with E-state index in [1.165, 1.54) is 0 Å². The number of hydrogen-bond acceptors (Lipinski definition) is 3. The molecule has 23 heavy (non-hydrogen) atoms. The first-order chi connectivity index (χ1) is 11.1. The van der Waals surface area contributed by atoms with Crippen LogP contribution in [0.3, 0.4) is 0 Å². The van der Waals surface area contributed by atoms with Crippen LogP contribution < -0.4 is 10.6 Å². The molecule has 2 amide bonds. The van der Waals surface area contributed by atoms with Crippen LogP contribution in [-0.2, 0) is 14.3 Å². The highest BCUT2D eigenvalue weighted by Crippen LogP contribution is 2.30. The van der Waals surface area contributed by atoms with E-state index in [2.05, 4.69) is 10.6 Å². The summed E-state index contributed by atoms with van der Waals surface area (Å²) in [5, 5.41) is 6.42. The van der Waals surface area contributed by atoms with Crippen molar-refractivity contribution in [3.8, 4) is 0 Å². The third-order valence-corrected chi connectivity index (χ3v) is 4.44. The largest absolute Gasteiger partial charge is 0.383 e. The lowest BCUT2D eigenvalue weighted by Gasteiger charge is -2.27. The number of halogens is 1. The average Bonchev–Trinajstić information content (AvgIpc) is 2.57. The molecule has 1 aliphatic rings. The van der Waals surface area contributed by atoms with E-state index in [1.807, 2.05) is 0 Å². The fraction of sp³-hybridized carbons (Fsp3) is 0.529. The molecule has 1 aliphatic carbocycles. The second-order valence-electron chi connectivity index (χ2n) is 5.83. The van der Waals surface area contributed by atoms with Gasteiger partial charge in [0.1, 0.15) is 0 Å². The van der Waals surface area contributed by atoms with Crippen molar-refractivity contribution in [2.75, 3.05) is 25.6 Å². The lowest BCUT2D eigenvalue weighted by molar-refractivity contribution is -0.128. The highest BCUT2D eigenvalue weighted by molar-refractivity contribution is 6.30. The highest BCUT2D eigenvalue weighted by Gasteiger charge is 2.29. The Kier molecular flexibility index (Phi) is 6.86. The highest BCUT2D eigenvalue weighted by atomic mass is 35.5. The molecule has 0 radical (unpaired) electrons. The molecule has 0 aromatic heterocycles. The van der Waals surface area contributed by atoms with Crippen LogP contribution in [0.15, 0.2) is 24.3 Å². The molecule has 126 valence electrons. The zero-order chi connectivity index (χ0) is 16.7. The third-order valence-electron chi connectivity index (χ3n) is 4.19. The van der Waals surface area contributed by atoms with Crippen LogP contribution in [-0.4, -0.2) is 32.1 Å². The fourth-order valence-corrected chi connectivity index (χ4v) is 2.94. The molecule has 2 rings (SSSR count). The zero-order valence-corrected chi connectivity index (χ0v) is 14.1. The maximum atomic E-state index is 12.3. The minimum atomic E-state index is -0.0336. The average molecular weight is 339 g/mol. The van der Waals surface area contributed by atoms with E-state index in [0.717, 1.165) is 31.4 Å². The van der Waals surface area contributed by atoms with Crippen LogP contribution in [0.1, 0.15) is 25.7 Å². The van der Waals surface area contributed by atoms with Gasteiger partial charge in [0.2, 0.25) is 11.8 Å². The molecule has 2 N–H and O–H groups in total. The summed E-state index contributed by atoms with van der Waals surface area (Å²) in [7, 11) is 1.61. The first-order valence-corrected chi connectivity index (χ1v) is 8.31. The Hall–Kier alpha value is -1.59. The minimum Gasteiger partial charge on any atom is -0.383 e. The molecule has 1 saturated carbocycles. The van der Waals surface area contributed by atoms with E-state index < -0.39 is 0 Å². The zero-order valence-electron chi connectivity index (χ0n) is 13.3. The lowest BCUT2D eigenvalue weighted by Crippen LogP contribution is -2.36. The molecule has 0 saturated heterocycles. The summed E-state index contributed by atoms with van der Waals surface area (Å²) in [5.74, 6) is 0.0596. The van der Waals surface area contributed by atoms with Crippen molar-refractivity contribution in [2.45, 2.75) is 25.7 Å². The number of benzene rings is 1. The molecule has 0 atom stereocenters. The molecule has 6 heteroatoms. The van der Waals surface area contributed by atoms with Crippen molar-refractivity contribution < 1.29 is 14.3 Å². The number of methoxy groups -OCH3 is 1. The number of nitrogens with one attached hydrogen (secondary N) is 2. The van der Waals surface area contributed by atoms with Gasteiger partial charge in [-0.05, 0) is 49.9 Å². The van der Waals surface area contributed by atoms with Crippen LogP contribution in [0.4, 0.5) is 5.69 Å². The van der Waals surface area contributed by atoms with Gasteiger partial charge in [-0.15, -0.1) is 0 Å². The van der Waals surface area contributed by atoms with Crippen LogP contribution in [0, 0.1) is 11.8 Å². The molecule has 0 spiro atoms. The molecule has 0 heterocycles. The van der Waals surface area contributed by atoms with Crippen LogP contribution in [0.5, 0.6) is 0 Å². The molecule has 1 aromatic carbocycles. The SMILES string of the molecule is COCCNC(=O)C1CCC(C(=O)Nc2ccc(Cl)cc2)CC1. The van der Waals surface area contributed by atoms with Gasteiger partial charge >= 0.3 is 0 Å². The standard InChI is InChI=1S/C17H23ClN2O3/c1-23-11-10-19-16(21)12-2-4-13(5-3-12)17(22)20-15-8-6-14(18)7-9-15/h6-9,12-13H,2-5,10-11H2,1H3,(H,19,21)(H,20,22). The maximum Gasteiger partial charge on any atom is 0.227 e. The monoisotopic (exact) mass is 338 g/mol. The van der Waals surface area contributed by atoms with Gasteiger partial charge < -0.3 is 15.4 Å². The minimum absolute atomic E-state index is 0.00596. The Balaban J connectivity index is 1.76. The lowest BCUT2D eigenvalue weighted by atomic mass is 9.81. The van der Waals surface area contributed by atoms with Gasteiger partial charge in [0.15, 0.2) is 0 Å². The molecular formula is C17H23ClN2O3. The van der Waals surface area contributed by atoms with Gasteiger partial charge in [-0.25, -0.2) is 0 Å². The fourth-order valence-electron chi connectivity index (χ4n) is 2.82. The van der Waals surface area contributed by atoms with E-state index in [-0.39, 0.29) is 23.7 Å². The van der Waals surface area contributed by atoms with Crippen molar-refractivity contribution in [1.82, 2.24) is 5.32 Å². The van der Waals surface area contributed by atoms with Crippen molar-refractivity contribution in [3.63, 3.8) is 0 Å². The van der Waals surface area contributed by atoms with Crippen molar-refractivity contribution in [1.29, 1.82) is 0 Å². The Morgan fingerprint density at radius 1 is 1.09 bits per heavy atom. The topological polar surface area (TPSA) is 67.4 Å². The summed E-state index contributed by atoms with van der Waals surface area (Å²) in [6.45, 7) is 1.05. The van der Waals surface area contributed by atoms with Crippen LogP contribution in [0.2, 0.25) is 5.02 Å². The molecule has 1 fully saturated rings. The molecule has 0 bridgehead atoms. The predicted octanol–water partition coefficient (Wildman–Crippen LogP) is 2.85. The third kappa shape index (κ3) is 5.52. The number of hydrogen-bond donors (Lipinski definition) is 2. The van der Waals surface area contributed by atoms with Crippen LogP contribution >= 0.6 is 11.6 Å². The Morgan fingerprint density at radius 3 is 2.22 bits per heavy atom. The first-order valence-electron chi connectivity index (χ1n) is 7.93. The van der Waals surface area contributed by atoms with Gasteiger partial charge in [0, 0.05) is 36.2 Å². The molecular weight excluding hydrogens is 316 g/mol. The maximum absolute atomic E-state index is 12.3. The number of anilines is 1. The molecule has 5 nitrogen and oxygen atoms in total. The number of ether oxygens (including phenoxy) is 1. The molecule has 1 aromatic rings. The summed E-state index contributed by atoms with van der Waals surface area (Å²) < 4.78 is 4.92. The van der Waals surface area contributed by atoms with Crippen molar-refractivity contribution >= 4 is 29.1 Å². The number of rotatable bonds is 6. The van der Waals surface area contributed by atoms with Gasteiger partial charge in [-0.1, -0.05) is 11.6 Å². The van der Waals surface area contributed by atoms with Crippen molar-refractivity contribution in [3.05, 3.63) is 29.3 Å². The predicted molar refractivity (Wildman–Crippen MR) is 90.4 cm³/mol. The van der Waals surface area contributed by atoms with Gasteiger partial charge in [-0.2, -0.15) is 0 Å². The van der Waals surface area contributed by atoms with Crippen LogP contribution in [0.25, 0.3) is 0 Å². The Bertz CT molecular complexity index is 525. The Labute approximate surface area is 141 Å². The van der Waals surface area contributed by atoms with E-state index in [9.17, 15) is 9.59 Å². The number of carbonyl (C=O) groups excluding carboxylic acids is 2. The van der Waals surface area contributed by atoms with E-state index >= 15 is 0 Å². The first kappa shape index (κ1) is 17.8. The summed E-state index contributed by atoms with van der Waals surface area (Å²) in [4.78, 5) is 24.3. The van der Waals surface area contributed by atoms with E-state index in [0.29, 0.717) is 18.2 Å². The number of amides is 2. The van der Waals surface area contributed by atoms with Gasteiger partial charge in [0.25, 0.3) is 0 Å². The van der Waals surface area contributed by atoms with E-state index in [4.69, 9.17) is 16.3 Å². The van der Waals surface area contributed by atoms with E-state index in [1.54, 1.807) is 31.4 Å². The number of carbonyl (C=O) groups is 2.